The molecule has 0 aromatic heterocycles. The van der Waals surface area contributed by atoms with Crippen LogP contribution in [0.25, 0.3) is 0 Å². The zero-order chi connectivity index (χ0) is 15.0. The van der Waals surface area contributed by atoms with E-state index in [0.29, 0.717) is 18.4 Å². The van der Waals surface area contributed by atoms with Gasteiger partial charge in [0.2, 0.25) is 0 Å². The maximum absolute atomic E-state index is 12.2. The number of hydrogen-bond acceptors (Lipinski definition) is 3. The van der Waals surface area contributed by atoms with E-state index in [4.69, 9.17) is 0 Å². The Kier molecular flexibility index (Phi) is 4.01. The molecule has 0 spiro atoms. The first kappa shape index (κ1) is 14.9. The Labute approximate surface area is 124 Å². The van der Waals surface area contributed by atoms with Crippen LogP contribution < -0.4 is 4.74 Å². The molecule has 2 saturated heterocycles. The van der Waals surface area contributed by atoms with E-state index in [-0.39, 0.29) is 16.2 Å². The number of rotatable bonds is 3. The highest BCUT2D eigenvalue weighted by Gasteiger charge is 2.46. The molecule has 1 aromatic rings. The molecule has 3 rings (SSSR count). The first-order chi connectivity index (χ1) is 9.98. The van der Waals surface area contributed by atoms with E-state index in [2.05, 4.69) is 4.74 Å². The van der Waals surface area contributed by atoms with Gasteiger partial charge in [-0.1, -0.05) is 18.6 Å². The van der Waals surface area contributed by atoms with E-state index >= 15 is 0 Å². The van der Waals surface area contributed by atoms with Gasteiger partial charge in [0.25, 0.3) is 0 Å². The number of halogens is 2. The lowest BCUT2D eigenvalue weighted by molar-refractivity contribution is -0.0499. The van der Waals surface area contributed by atoms with Gasteiger partial charge in [0.15, 0.2) is 0 Å². The second-order valence-corrected chi connectivity index (χ2v) is 7.84. The average molecular weight is 316 g/mol. The fourth-order valence-corrected chi connectivity index (χ4v) is 5.69. The van der Waals surface area contributed by atoms with E-state index in [0.717, 1.165) is 19.3 Å². The molecule has 2 fully saturated rings. The van der Waals surface area contributed by atoms with Crippen molar-refractivity contribution in [1.29, 1.82) is 0 Å². The van der Waals surface area contributed by atoms with Crippen LogP contribution >= 0.6 is 0 Å². The predicted octanol–water partition coefficient (Wildman–Crippen LogP) is 2.94. The third kappa shape index (κ3) is 2.97. The third-order valence-electron chi connectivity index (χ3n) is 4.46. The van der Waals surface area contributed by atoms with Crippen LogP contribution in [0, 0.1) is 0 Å². The smallest absolute Gasteiger partial charge is 0.387 e. The highest BCUT2D eigenvalue weighted by molar-refractivity contribution is 7.86. The number of hydrogen-bond donors (Lipinski definition) is 1. The fraction of sp³-hybridized carbons (Fsp3) is 0.600. The van der Waals surface area contributed by atoms with Gasteiger partial charge in [-0.2, -0.15) is 8.78 Å². The van der Waals surface area contributed by atoms with E-state index in [9.17, 15) is 18.1 Å². The number of alkyl halides is 2. The summed E-state index contributed by atoms with van der Waals surface area (Å²) in [4.78, 5) is 0. The van der Waals surface area contributed by atoms with Gasteiger partial charge in [0.1, 0.15) is 5.75 Å². The average Bonchev–Trinajstić information content (AvgIpc) is 2.41. The molecule has 0 amide bonds. The third-order valence-corrected chi connectivity index (χ3v) is 6.58. The summed E-state index contributed by atoms with van der Waals surface area (Å²) in [7, 11) is -0.852. The Hall–Kier alpha value is -1.01. The first-order valence-corrected chi connectivity index (χ1v) is 8.43. The zero-order valence-electron chi connectivity index (χ0n) is 11.5. The number of aliphatic hydroxyl groups is 1. The molecule has 2 aliphatic heterocycles. The van der Waals surface area contributed by atoms with Gasteiger partial charge < -0.3 is 9.84 Å². The van der Waals surface area contributed by atoms with Crippen LogP contribution in [0.15, 0.2) is 24.3 Å². The topological polar surface area (TPSA) is 46.5 Å². The first-order valence-electron chi connectivity index (χ1n) is 7.15. The standard InChI is InChI=1S/C15H18F2O3S/c16-14(17)20-11-6-4-10(5-7-11)15(18)8-12-2-1-3-13(9-15)21(12)19/h4-7,12-14,18H,1-3,8-9H2. The Morgan fingerprint density at radius 3 is 2.29 bits per heavy atom. The maximum Gasteiger partial charge on any atom is 0.387 e. The second-order valence-electron chi connectivity index (χ2n) is 5.85. The fourth-order valence-electron chi connectivity index (χ4n) is 3.46. The summed E-state index contributed by atoms with van der Waals surface area (Å²) in [6.07, 6.45) is 3.80. The summed E-state index contributed by atoms with van der Waals surface area (Å²) in [5.74, 6) is 0.0805. The van der Waals surface area contributed by atoms with Crippen molar-refractivity contribution in [3.05, 3.63) is 29.8 Å². The molecular formula is C15H18F2O3S. The molecule has 3 nitrogen and oxygen atoms in total. The van der Waals surface area contributed by atoms with Crippen molar-refractivity contribution in [2.75, 3.05) is 0 Å². The van der Waals surface area contributed by atoms with Crippen molar-refractivity contribution in [3.63, 3.8) is 0 Å². The minimum Gasteiger partial charge on any atom is -0.435 e. The zero-order valence-corrected chi connectivity index (χ0v) is 12.3. The highest BCUT2D eigenvalue weighted by atomic mass is 32.2. The minimum atomic E-state index is -2.85. The number of ether oxygens (including phenoxy) is 1. The SMILES string of the molecule is O=S1C2CCCC1CC(O)(c1ccc(OC(F)F)cc1)C2. The molecule has 2 bridgehead atoms. The highest BCUT2D eigenvalue weighted by Crippen LogP contribution is 2.44. The van der Waals surface area contributed by atoms with Crippen molar-refractivity contribution in [3.8, 4) is 5.75 Å². The van der Waals surface area contributed by atoms with Gasteiger partial charge in [-0.05, 0) is 43.4 Å². The van der Waals surface area contributed by atoms with Gasteiger partial charge in [-0.15, -0.1) is 0 Å². The Morgan fingerprint density at radius 1 is 1.19 bits per heavy atom. The van der Waals surface area contributed by atoms with Gasteiger partial charge in [-0.25, -0.2) is 0 Å². The van der Waals surface area contributed by atoms with Crippen LogP contribution in [0.2, 0.25) is 0 Å². The van der Waals surface area contributed by atoms with Gasteiger partial charge in [-0.3, -0.25) is 4.21 Å². The Bertz CT molecular complexity index is 516. The van der Waals surface area contributed by atoms with Crippen LogP contribution in [-0.2, 0) is 16.4 Å². The molecule has 1 aromatic carbocycles. The minimum absolute atomic E-state index is 0.0412. The maximum atomic E-state index is 12.2. The normalized spacial score (nSPS) is 35.7. The van der Waals surface area contributed by atoms with Crippen molar-refractivity contribution >= 4 is 10.8 Å². The molecule has 116 valence electrons. The summed E-state index contributed by atoms with van der Waals surface area (Å²) in [5.41, 5.74) is -0.315. The van der Waals surface area contributed by atoms with Gasteiger partial charge in [0.05, 0.1) is 5.60 Å². The van der Waals surface area contributed by atoms with Crippen LogP contribution in [0.3, 0.4) is 0 Å². The molecule has 0 saturated carbocycles. The monoisotopic (exact) mass is 316 g/mol. The van der Waals surface area contributed by atoms with E-state index in [1.165, 1.54) is 12.1 Å². The van der Waals surface area contributed by atoms with Crippen molar-refractivity contribution in [2.45, 2.75) is 54.8 Å². The molecular weight excluding hydrogens is 298 g/mol. The Morgan fingerprint density at radius 2 is 1.76 bits per heavy atom. The lowest BCUT2D eigenvalue weighted by atomic mass is 9.80. The predicted molar refractivity (Wildman–Crippen MR) is 75.8 cm³/mol. The largest absolute Gasteiger partial charge is 0.435 e. The van der Waals surface area contributed by atoms with Crippen molar-refractivity contribution in [2.24, 2.45) is 0 Å². The summed E-state index contributed by atoms with van der Waals surface area (Å²) >= 11 is 0. The van der Waals surface area contributed by atoms with Crippen LogP contribution in [0.4, 0.5) is 8.78 Å². The number of benzene rings is 1. The van der Waals surface area contributed by atoms with Crippen LogP contribution in [-0.4, -0.2) is 26.4 Å². The van der Waals surface area contributed by atoms with Crippen LogP contribution in [0.5, 0.6) is 5.75 Å². The summed E-state index contributed by atoms with van der Waals surface area (Å²) in [6.45, 7) is -2.85. The molecule has 2 aliphatic rings. The van der Waals surface area contributed by atoms with Crippen LogP contribution in [0.1, 0.15) is 37.7 Å². The summed E-state index contributed by atoms with van der Waals surface area (Å²) in [5, 5.41) is 11.0. The molecule has 2 heterocycles. The molecule has 0 radical (unpaired) electrons. The molecule has 2 unspecified atom stereocenters. The summed E-state index contributed by atoms with van der Waals surface area (Å²) < 4.78 is 40.8. The van der Waals surface area contributed by atoms with Gasteiger partial charge in [0, 0.05) is 21.3 Å². The molecule has 0 aliphatic carbocycles. The van der Waals surface area contributed by atoms with Crippen molar-refractivity contribution < 1.29 is 22.8 Å². The van der Waals surface area contributed by atoms with Gasteiger partial charge >= 0.3 is 6.61 Å². The van der Waals surface area contributed by atoms with E-state index in [1.54, 1.807) is 12.1 Å². The molecule has 21 heavy (non-hydrogen) atoms. The molecule has 2 atom stereocenters. The van der Waals surface area contributed by atoms with E-state index in [1.807, 2.05) is 0 Å². The lowest BCUT2D eigenvalue weighted by Gasteiger charge is -2.43. The quantitative estimate of drug-likeness (QED) is 0.932. The van der Waals surface area contributed by atoms with E-state index < -0.39 is 23.0 Å². The Balaban J connectivity index is 1.80. The summed E-state index contributed by atoms with van der Waals surface area (Å²) in [6, 6.07) is 6.14. The molecule has 1 N–H and O–H groups in total. The molecule has 6 heteroatoms. The second kappa shape index (κ2) is 5.65. The number of fused-ring (bicyclic) bond motifs is 2. The van der Waals surface area contributed by atoms with Crippen molar-refractivity contribution in [1.82, 2.24) is 0 Å². The lowest BCUT2D eigenvalue weighted by Crippen LogP contribution is -2.47.